The fourth-order valence-corrected chi connectivity index (χ4v) is 6.22. The maximum atomic E-state index is 6.23. The number of ether oxygens (including phenoxy) is 1. The lowest BCUT2D eigenvalue weighted by Gasteiger charge is -2.28. The highest BCUT2D eigenvalue weighted by atomic mass is 32.1. The summed E-state index contributed by atoms with van der Waals surface area (Å²) in [5, 5.41) is 4.30. The van der Waals surface area contributed by atoms with Gasteiger partial charge in [-0.3, -0.25) is 9.97 Å². The second-order valence-corrected chi connectivity index (χ2v) is 10.7. The number of hydrogen-bond acceptors (Lipinski definition) is 4. The van der Waals surface area contributed by atoms with E-state index in [4.69, 9.17) is 21.9 Å². The van der Waals surface area contributed by atoms with Gasteiger partial charge in [0.25, 0.3) is 0 Å². The molecule has 6 nitrogen and oxygen atoms in total. The summed E-state index contributed by atoms with van der Waals surface area (Å²) >= 11 is 5.96. The van der Waals surface area contributed by atoms with Gasteiger partial charge in [-0.1, -0.05) is 6.07 Å². The van der Waals surface area contributed by atoms with Crippen molar-refractivity contribution in [2.24, 2.45) is 0 Å². The molecular weight excluding hydrogens is 490 g/mol. The average molecular weight is 524 g/mol. The number of benzene rings is 1. The van der Waals surface area contributed by atoms with E-state index in [1.807, 2.05) is 30.7 Å². The molecule has 1 aromatic carbocycles. The fraction of sp³-hybridized carbons (Fsp3) is 0.323. The maximum Gasteiger partial charge on any atom is 0.174 e. The fourth-order valence-electron chi connectivity index (χ4n) is 5.87. The van der Waals surface area contributed by atoms with Crippen molar-refractivity contribution in [2.75, 3.05) is 4.90 Å². The van der Waals surface area contributed by atoms with Crippen LogP contribution < -0.4 is 15.0 Å². The predicted molar refractivity (Wildman–Crippen MR) is 155 cm³/mol. The largest absolute Gasteiger partial charge is 0.490 e. The molecule has 1 N–H and O–H groups in total. The molecule has 0 unspecified atom stereocenters. The first-order chi connectivity index (χ1) is 18.6. The Labute approximate surface area is 229 Å². The number of aromatic nitrogens is 3. The molecule has 1 aliphatic heterocycles. The van der Waals surface area contributed by atoms with Crippen molar-refractivity contribution in [3.8, 4) is 5.75 Å². The van der Waals surface area contributed by atoms with Crippen LogP contribution in [0.5, 0.6) is 5.75 Å². The summed E-state index contributed by atoms with van der Waals surface area (Å²) in [6, 6.07) is 20.8. The Morgan fingerprint density at radius 3 is 2.45 bits per heavy atom. The molecule has 2 aliphatic rings. The molecule has 3 aromatic heterocycles. The molecule has 1 aliphatic carbocycles. The van der Waals surface area contributed by atoms with E-state index in [1.54, 1.807) is 0 Å². The van der Waals surface area contributed by atoms with Gasteiger partial charge in [-0.15, -0.1) is 0 Å². The van der Waals surface area contributed by atoms with Crippen molar-refractivity contribution in [3.63, 3.8) is 0 Å². The minimum Gasteiger partial charge on any atom is -0.490 e. The van der Waals surface area contributed by atoms with Gasteiger partial charge in [-0.25, -0.2) is 0 Å². The molecule has 7 heteroatoms. The van der Waals surface area contributed by atoms with Crippen molar-refractivity contribution in [3.05, 3.63) is 107 Å². The summed E-state index contributed by atoms with van der Waals surface area (Å²) in [5.41, 5.74) is 6.93. The van der Waals surface area contributed by atoms with Crippen LogP contribution in [0.1, 0.15) is 66.0 Å². The third-order valence-electron chi connectivity index (χ3n) is 7.84. The Bertz CT molecular complexity index is 1400. The van der Waals surface area contributed by atoms with Crippen LogP contribution in [0, 0.1) is 13.8 Å². The van der Waals surface area contributed by atoms with Gasteiger partial charge < -0.3 is 19.5 Å². The maximum absolute atomic E-state index is 6.23. The minimum atomic E-state index is -0.0759. The van der Waals surface area contributed by atoms with Crippen molar-refractivity contribution in [2.45, 2.75) is 64.3 Å². The molecule has 1 saturated carbocycles. The molecule has 0 radical (unpaired) electrons. The molecule has 0 spiro atoms. The van der Waals surface area contributed by atoms with Gasteiger partial charge in [0.2, 0.25) is 0 Å². The molecule has 38 heavy (non-hydrogen) atoms. The Kier molecular flexibility index (Phi) is 6.85. The molecule has 4 aromatic rings. The zero-order valence-corrected chi connectivity index (χ0v) is 22.7. The number of anilines is 1. The zero-order chi connectivity index (χ0) is 26.1. The monoisotopic (exact) mass is 523 g/mol. The number of nitrogens with one attached hydrogen (secondary N) is 1. The van der Waals surface area contributed by atoms with Crippen LogP contribution in [0.3, 0.4) is 0 Å². The summed E-state index contributed by atoms with van der Waals surface area (Å²) in [4.78, 5) is 11.1. The van der Waals surface area contributed by atoms with Gasteiger partial charge in [0.1, 0.15) is 5.75 Å². The lowest BCUT2D eigenvalue weighted by molar-refractivity contribution is 0.210. The van der Waals surface area contributed by atoms with Crippen LogP contribution in [0.2, 0.25) is 0 Å². The van der Waals surface area contributed by atoms with Crippen molar-refractivity contribution in [1.29, 1.82) is 0 Å². The SMILES string of the molecule is Cc1cc([C@@H]2[C@@H](c3ccccn3)NC(=S)N2c2ccc(OC3CCCC3)cc2)c(C)n1Cc1ccncc1. The van der Waals surface area contributed by atoms with Gasteiger partial charge >= 0.3 is 0 Å². The number of thiocarbonyl (C=S) groups is 1. The van der Waals surface area contributed by atoms with Crippen LogP contribution >= 0.6 is 12.2 Å². The molecule has 194 valence electrons. The number of nitrogens with zero attached hydrogens (tertiary/aromatic N) is 4. The van der Waals surface area contributed by atoms with Crippen LogP contribution in [-0.4, -0.2) is 25.8 Å². The second kappa shape index (κ2) is 10.6. The van der Waals surface area contributed by atoms with E-state index in [0.29, 0.717) is 11.2 Å². The van der Waals surface area contributed by atoms with E-state index in [0.717, 1.165) is 36.5 Å². The highest BCUT2D eigenvalue weighted by Gasteiger charge is 2.42. The van der Waals surface area contributed by atoms with Crippen molar-refractivity contribution >= 4 is 23.0 Å². The Hall–Kier alpha value is -3.71. The van der Waals surface area contributed by atoms with Crippen LogP contribution in [0.15, 0.2) is 79.3 Å². The van der Waals surface area contributed by atoms with E-state index in [-0.39, 0.29) is 12.1 Å². The van der Waals surface area contributed by atoms with Gasteiger partial charge in [-0.2, -0.15) is 0 Å². The third kappa shape index (κ3) is 4.78. The Morgan fingerprint density at radius 1 is 0.974 bits per heavy atom. The van der Waals surface area contributed by atoms with E-state index < -0.39 is 0 Å². The first-order valence-corrected chi connectivity index (χ1v) is 13.8. The Morgan fingerprint density at radius 2 is 1.74 bits per heavy atom. The number of hydrogen-bond donors (Lipinski definition) is 1. The molecule has 2 atom stereocenters. The number of rotatable bonds is 7. The summed E-state index contributed by atoms with van der Waals surface area (Å²) in [6.45, 7) is 5.18. The van der Waals surface area contributed by atoms with Crippen LogP contribution in [-0.2, 0) is 6.54 Å². The van der Waals surface area contributed by atoms with E-state index in [1.165, 1.54) is 35.4 Å². The molecule has 1 saturated heterocycles. The first-order valence-electron chi connectivity index (χ1n) is 13.4. The normalized spacial score (nSPS) is 19.6. The number of aryl methyl sites for hydroxylation is 1. The topological polar surface area (TPSA) is 55.2 Å². The van der Waals surface area contributed by atoms with Gasteiger partial charge in [0.05, 0.1) is 23.9 Å². The number of pyridine rings is 2. The van der Waals surface area contributed by atoms with Crippen LogP contribution in [0.4, 0.5) is 5.69 Å². The predicted octanol–water partition coefficient (Wildman–Crippen LogP) is 6.44. The molecule has 2 fully saturated rings. The van der Waals surface area contributed by atoms with E-state index in [9.17, 15) is 0 Å². The first kappa shape index (κ1) is 24.6. The zero-order valence-electron chi connectivity index (χ0n) is 21.9. The van der Waals surface area contributed by atoms with E-state index in [2.05, 4.69) is 82.1 Å². The van der Waals surface area contributed by atoms with Crippen LogP contribution in [0.25, 0.3) is 0 Å². The van der Waals surface area contributed by atoms with Gasteiger partial charge in [0.15, 0.2) is 5.11 Å². The highest BCUT2D eigenvalue weighted by molar-refractivity contribution is 7.80. The average Bonchev–Trinajstić information content (AvgIpc) is 3.65. The standard InChI is InChI=1S/C31H33N5OS/c1-21-19-27(22(2)35(21)20-23-14-17-32-18-15-23)30-29(28-9-5-6-16-33-28)34-31(38)36(30)24-10-12-26(13-11-24)37-25-7-3-4-8-25/h5-6,9-19,25,29-30H,3-4,7-8,20H2,1-2H3,(H,34,38)/t29-,30-/m1/s1. The molecular formula is C31H33N5OS. The smallest absolute Gasteiger partial charge is 0.174 e. The van der Waals surface area contributed by atoms with Gasteiger partial charge in [-0.05, 0) is 117 Å². The quantitative estimate of drug-likeness (QED) is 0.281. The van der Waals surface area contributed by atoms with Gasteiger partial charge in [0, 0.05) is 42.2 Å². The summed E-state index contributed by atoms with van der Waals surface area (Å²) in [5.74, 6) is 0.923. The molecule has 0 bridgehead atoms. The van der Waals surface area contributed by atoms with Crippen molar-refractivity contribution < 1.29 is 4.74 Å². The van der Waals surface area contributed by atoms with E-state index >= 15 is 0 Å². The summed E-state index contributed by atoms with van der Waals surface area (Å²) in [7, 11) is 0. The second-order valence-electron chi connectivity index (χ2n) is 10.3. The lowest BCUT2D eigenvalue weighted by Crippen LogP contribution is -2.29. The summed E-state index contributed by atoms with van der Waals surface area (Å²) < 4.78 is 8.60. The highest BCUT2D eigenvalue weighted by Crippen LogP contribution is 2.43. The minimum absolute atomic E-state index is 0.0450. The molecule has 4 heterocycles. The third-order valence-corrected chi connectivity index (χ3v) is 8.15. The lowest BCUT2D eigenvalue weighted by atomic mass is 9.96. The molecule has 6 rings (SSSR count). The summed E-state index contributed by atoms with van der Waals surface area (Å²) in [6.07, 6.45) is 10.7. The van der Waals surface area contributed by atoms with Crippen molar-refractivity contribution in [1.82, 2.24) is 19.9 Å². The molecule has 0 amide bonds. The Balaban J connectivity index is 1.37.